The van der Waals surface area contributed by atoms with Crippen LogP contribution in [0.25, 0.3) is 0 Å². The van der Waals surface area contributed by atoms with Crippen LogP contribution in [0.5, 0.6) is 5.75 Å². The van der Waals surface area contributed by atoms with Crippen LogP contribution in [-0.2, 0) is 13.1 Å². The van der Waals surface area contributed by atoms with Crippen molar-refractivity contribution in [3.63, 3.8) is 0 Å². The lowest BCUT2D eigenvalue weighted by Gasteiger charge is -2.36. The summed E-state index contributed by atoms with van der Waals surface area (Å²) in [5, 5.41) is 12.1. The molecule has 1 saturated heterocycles. The van der Waals surface area contributed by atoms with E-state index in [0.29, 0.717) is 6.54 Å². The second-order valence-corrected chi connectivity index (χ2v) is 6.70. The van der Waals surface area contributed by atoms with Gasteiger partial charge in [0.2, 0.25) is 0 Å². The molecule has 140 valence electrons. The van der Waals surface area contributed by atoms with Crippen molar-refractivity contribution in [2.75, 3.05) is 26.7 Å². The van der Waals surface area contributed by atoms with Crippen LogP contribution in [0.1, 0.15) is 22.9 Å². The Balaban J connectivity index is 1.49. The van der Waals surface area contributed by atoms with Crippen molar-refractivity contribution in [3.05, 3.63) is 71.8 Å². The maximum Gasteiger partial charge on any atom is 0.123 e. The van der Waals surface area contributed by atoms with Crippen LogP contribution in [0.4, 0.5) is 0 Å². The third-order valence-corrected chi connectivity index (χ3v) is 4.87. The van der Waals surface area contributed by atoms with Crippen molar-refractivity contribution >= 4 is 0 Å². The maximum atomic E-state index is 5.58. The fourth-order valence-corrected chi connectivity index (χ4v) is 3.56. The minimum absolute atomic E-state index is 0.248. The molecule has 7 nitrogen and oxygen atoms in total. The molecule has 0 aliphatic carbocycles. The Morgan fingerprint density at radius 1 is 1.19 bits per heavy atom. The predicted octanol–water partition coefficient (Wildman–Crippen LogP) is 1.88. The lowest BCUT2D eigenvalue weighted by Crippen LogP contribution is -2.45. The topological polar surface area (TPSA) is 68.1 Å². The molecule has 1 aliphatic rings. The van der Waals surface area contributed by atoms with Crippen molar-refractivity contribution in [1.82, 2.24) is 30.2 Å². The van der Waals surface area contributed by atoms with Gasteiger partial charge in [0.25, 0.3) is 0 Å². The largest absolute Gasteiger partial charge is 0.496 e. The maximum absolute atomic E-state index is 5.58. The van der Waals surface area contributed by atoms with E-state index in [-0.39, 0.29) is 6.04 Å². The second-order valence-electron chi connectivity index (χ2n) is 6.70. The fraction of sp³-hybridized carbons (Fsp3) is 0.350. The third-order valence-electron chi connectivity index (χ3n) is 4.87. The van der Waals surface area contributed by atoms with Crippen molar-refractivity contribution in [2.45, 2.75) is 19.1 Å². The van der Waals surface area contributed by atoms with Crippen LogP contribution in [0, 0.1) is 0 Å². The molecule has 1 aliphatic heterocycles. The number of aromatic nitrogens is 4. The molecule has 0 spiro atoms. The zero-order chi connectivity index (χ0) is 18.5. The van der Waals surface area contributed by atoms with Gasteiger partial charge in [-0.2, -0.15) is 0 Å². The molecule has 0 saturated carbocycles. The smallest absolute Gasteiger partial charge is 0.123 e. The van der Waals surface area contributed by atoms with E-state index in [9.17, 15) is 0 Å². The van der Waals surface area contributed by atoms with Crippen LogP contribution < -0.4 is 10.1 Å². The van der Waals surface area contributed by atoms with Gasteiger partial charge in [-0.05, 0) is 17.7 Å². The first-order valence-corrected chi connectivity index (χ1v) is 9.19. The molecule has 3 heterocycles. The van der Waals surface area contributed by atoms with E-state index >= 15 is 0 Å². The van der Waals surface area contributed by atoms with E-state index in [0.717, 1.165) is 43.2 Å². The number of piperazine rings is 1. The minimum Gasteiger partial charge on any atom is -0.496 e. The lowest BCUT2D eigenvalue weighted by molar-refractivity contribution is 0.149. The van der Waals surface area contributed by atoms with Gasteiger partial charge in [-0.15, -0.1) is 5.10 Å². The van der Waals surface area contributed by atoms with E-state index in [1.807, 2.05) is 41.3 Å². The summed E-state index contributed by atoms with van der Waals surface area (Å²) in [4.78, 5) is 6.59. The number of para-hydroxylation sites is 1. The van der Waals surface area contributed by atoms with Gasteiger partial charge in [0.1, 0.15) is 5.75 Å². The minimum atomic E-state index is 0.248. The molecule has 1 N–H and O–H groups in total. The highest BCUT2D eigenvalue weighted by Crippen LogP contribution is 2.30. The molecule has 0 radical (unpaired) electrons. The van der Waals surface area contributed by atoms with Crippen LogP contribution in [0.2, 0.25) is 0 Å². The van der Waals surface area contributed by atoms with E-state index in [2.05, 4.69) is 37.6 Å². The first-order chi connectivity index (χ1) is 13.3. The first kappa shape index (κ1) is 17.6. The Kier molecular flexibility index (Phi) is 5.41. The summed E-state index contributed by atoms with van der Waals surface area (Å²) in [6, 6.07) is 12.5. The van der Waals surface area contributed by atoms with Crippen LogP contribution >= 0.6 is 0 Å². The second kappa shape index (κ2) is 8.28. The summed E-state index contributed by atoms with van der Waals surface area (Å²) < 4.78 is 7.44. The SMILES string of the molecule is COc1ccccc1C1CNCCN1Cc1cn(Cc2cccnc2)nn1. The highest BCUT2D eigenvalue weighted by atomic mass is 16.5. The zero-order valence-corrected chi connectivity index (χ0v) is 15.5. The Bertz CT molecular complexity index is 866. The van der Waals surface area contributed by atoms with Crippen molar-refractivity contribution < 1.29 is 4.74 Å². The molecule has 1 unspecified atom stereocenters. The number of ether oxygens (including phenoxy) is 1. The quantitative estimate of drug-likeness (QED) is 0.720. The number of methoxy groups -OCH3 is 1. The molecule has 1 atom stereocenters. The summed E-state index contributed by atoms with van der Waals surface area (Å²) in [5.41, 5.74) is 3.29. The number of pyridine rings is 1. The zero-order valence-electron chi connectivity index (χ0n) is 15.5. The van der Waals surface area contributed by atoms with Crippen molar-refractivity contribution in [2.24, 2.45) is 0 Å². The molecule has 7 heteroatoms. The van der Waals surface area contributed by atoms with E-state index in [1.165, 1.54) is 5.56 Å². The van der Waals surface area contributed by atoms with Gasteiger partial charge in [-0.3, -0.25) is 9.88 Å². The molecule has 2 aromatic heterocycles. The average Bonchev–Trinajstić information content (AvgIpc) is 3.16. The van der Waals surface area contributed by atoms with Gasteiger partial charge >= 0.3 is 0 Å². The number of rotatable bonds is 6. The lowest BCUT2D eigenvalue weighted by atomic mass is 10.0. The van der Waals surface area contributed by atoms with E-state index in [1.54, 1.807) is 13.3 Å². The Labute approximate surface area is 159 Å². The van der Waals surface area contributed by atoms with Crippen LogP contribution in [-0.4, -0.2) is 51.6 Å². The molecule has 1 aromatic carbocycles. The summed E-state index contributed by atoms with van der Waals surface area (Å²) in [6.07, 6.45) is 5.66. The molecule has 0 amide bonds. The molecule has 27 heavy (non-hydrogen) atoms. The number of nitrogens with one attached hydrogen (secondary N) is 1. The highest BCUT2D eigenvalue weighted by molar-refractivity contribution is 5.36. The Morgan fingerprint density at radius 3 is 2.96 bits per heavy atom. The predicted molar refractivity (Wildman–Crippen MR) is 102 cm³/mol. The average molecular weight is 364 g/mol. The molecular weight excluding hydrogens is 340 g/mol. The fourth-order valence-electron chi connectivity index (χ4n) is 3.56. The Morgan fingerprint density at radius 2 is 2.11 bits per heavy atom. The molecular formula is C20H24N6O. The summed E-state index contributed by atoms with van der Waals surface area (Å²) in [6.45, 7) is 4.26. The van der Waals surface area contributed by atoms with Crippen molar-refractivity contribution in [1.29, 1.82) is 0 Å². The molecule has 4 rings (SSSR count). The third kappa shape index (κ3) is 4.15. The number of benzene rings is 1. The van der Waals surface area contributed by atoms with Crippen LogP contribution in [0.3, 0.4) is 0 Å². The van der Waals surface area contributed by atoms with E-state index < -0.39 is 0 Å². The molecule has 1 fully saturated rings. The molecule has 3 aromatic rings. The van der Waals surface area contributed by atoms with Crippen LogP contribution in [0.15, 0.2) is 55.0 Å². The normalized spacial score (nSPS) is 17.7. The van der Waals surface area contributed by atoms with Gasteiger partial charge < -0.3 is 10.1 Å². The van der Waals surface area contributed by atoms with Gasteiger partial charge in [-0.25, -0.2) is 4.68 Å². The Hall–Kier alpha value is -2.77. The van der Waals surface area contributed by atoms with Gasteiger partial charge in [0.05, 0.1) is 31.6 Å². The van der Waals surface area contributed by atoms with Gasteiger partial charge in [-0.1, -0.05) is 29.5 Å². The first-order valence-electron chi connectivity index (χ1n) is 9.19. The van der Waals surface area contributed by atoms with E-state index in [4.69, 9.17) is 4.74 Å². The number of hydrogen-bond donors (Lipinski definition) is 1. The standard InChI is InChI=1S/C20H24N6O/c1-27-20-7-3-2-6-18(20)19-12-22-9-10-25(19)14-17-15-26(24-23-17)13-16-5-4-8-21-11-16/h2-8,11,15,19,22H,9-10,12-14H2,1H3. The summed E-state index contributed by atoms with van der Waals surface area (Å²) in [5.74, 6) is 0.927. The monoisotopic (exact) mass is 364 g/mol. The summed E-state index contributed by atoms with van der Waals surface area (Å²) in [7, 11) is 1.73. The highest BCUT2D eigenvalue weighted by Gasteiger charge is 2.26. The summed E-state index contributed by atoms with van der Waals surface area (Å²) >= 11 is 0. The molecule has 0 bridgehead atoms. The number of hydrogen-bond acceptors (Lipinski definition) is 6. The van der Waals surface area contributed by atoms with Gasteiger partial charge in [0, 0.05) is 44.1 Å². The number of nitrogens with zero attached hydrogens (tertiary/aromatic N) is 5. The van der Waals surface area contributed by atoms with Crippen molar-refractivity contribution in [3.8, 4) is 5.75 Å². The van der Waals surface area contributed by atoms with Gasteiger partial charge in [0.15, 0.2) is 0 Å².